The van der Waals surface area contributed by atoms with Gasteiger partial charge >= 0.3 is 0 Å². The van der Waals surface area contributed by atoms with Crippen molar-refractivity contribution in [3.63, 3.8) is 0 Å². The van der Waals surface area contributed by atoms with Gasteiger partial charge in [0.25, 0.3) is 0 Å². The van der Waals surface area contributed by atoms with Crippen LogP contribution in [0.25, 0.3) is 5.57 Å². The molecule has 33 heavy (non-hydrogen) atoms. The Kier molecular flexibility index (Phi) is 8.36. The van der Waals surface area contributed by atoms with Crippen molar-refractivity contribution in [1.29, 1.82) is 16.1 Å². The van der Waals surface area contributed by atoms with Crippen LogP contribution in [-0.4, -0.2) is 42.9 Å². The molecule has 7 nitrogen and oxygen atoms in total. The minimum Gasteiger partial charge on any atom is -0.404 e. The third-order valence-corrected chi connectivity index (χ3v) is 6.11. The monoisotopic (exact) mass is 442 g/mol. The Bertz CT molecular complexity index is 1080. The zero-order valence-corrected chi connectivity index (χ0v) is 18.7. The van der Waals surface area contributed by atoms with E-state index in [0.717, 1.165) is 54.9 Å². The summed E-state index contributed by atoms with van der Waals surface area (Å²) in [5, 5.41) is 27.6. The van der Waals surface area contributed by atoms with E-state index in [2.05, 4.69) is 11.4 Å². The molecular weight excluding hydrogens is 412 g/mol. The van der Waals surface area contributed by atoms with Crippen molar-refractivity contribution in [3.05, 3.63) is 70.9 Å². The molecule has 3 rings (SSSR count). The van der Waals surface area contributed by atoms with E-state index in [1.165, 1.54) is 18.6 Å². The van der Waals surface area contributed by atoms with Crippen LogP contribution in [0, 0.1) is 28.1 Å². The van der Waals surface area contributed by atoms with Crippen LogP contribution in [0.4, 0.5) is 5.69 Å². The number of piperidine rings is 1. The minimum absolute atomic E-state index is 0.167. The second-order valence-electron chi connectivity index (χ2n) is 8.23. The van der Waals surface area contributed by atoms with Gasteiger partial charge in [-0.2, -0.15) is 5.26 Å². The molecule has 0 aromatic heterocycles. The molecule has 0 aliphatic carbocycles. The molecule has 1 fully saturated rings. The largest absolute Gasteiger partial charge is 0.404 e. The number of hydrogen-bond acceptors (Lipinski definition) is 6. The van der Waals surface area contributed by atoms with E-state index in [0.29, 0.717) is 29.9 Å². The molecule has 0 atom stereocenters. The molecule has 1 saturated heterocycles. The van der Waals surface area contributed by atoms with Gasteiger partial charge < -0.3 is 26.8 Å². The maximum Gasteiger partial charge on any atom is 0.222 e. The predicted octanol–water partition coefficient (Wildman–Crippen LogP) is 3.79. The van der Waals surface area contributed by atoms with Gasteiger partial charge in [-0.1, -0.05) is 18.2 Å². The van der Waals surface area contributed by atoms with E-state index >= 15 is 0 Å². The molecule has 0 unspecified atom stereocenters. The summed E-state index contributed by atoms with van der Waals surface area (Å²) in [7, 11) is 0. The number of likely N-dealkylation sites (tertiary alicyclic amines) is 1. The maximum absolute atomic E-state index is 12.6. The molecular formula is C26H30N6O. The van der Waals surface area contributed by atoms with Gasteiger partial charge in [0, 0.05) is 61.5 Å². The normalized spacial score (nSPS) is 14.4. The number of aryl methyl sites for hydroxylation is 1. The lowest BCUT2D eigenvalue weighted by Gasteiger charge is -2.32. The molecule has 0 saturated carbocycles. The molecule has 1 aliphatic heterocycles. The third-order valence-electron chi connectivity index (χ3n) is 6.11. The van der Waals surface area contributed by atoms with Crippen molar-refractivity contribution in [2.24, 2.45) is 11.7 Å². The lowest BCUT2D eigenvalue weighted by atomic mass is 9.95. The molecule has 1 amide bonds. The highest BCUT2D eigenvalue weighted by Gasteiger charge is 2.22. The molecule has 2 aromatic rings. The molecule has 2 aromatic carbocycles. The second kappa shape index (κ2) is 11.6. The van der Waals surface area contributed by atoms with Gasteiger partial charge in [-0.3, -0.25) is 4.79 Å². The number of nitrogens with zero attached hydrogens (tertiary/aromatic N) is 2. The van der Waals surface area contributed by atoms with Gasteiger partial charge in [0.1, 0.15) is 0 Å². The maximum atomic E-state index is 12.6. The van der Waals surface area contributed by atoms with Crippen LogP contribution in [0.15, 0.2) is 48.7 Å². The highest BCUT2D eigenvalue weighted by molar-refractivity contribution is 6.08. The van der Waals surface area contributed by atoms with Crippen LogP contribution in [0.5, 0.6) is 0 Å². The number of hydrogen-bond donors (Lipinski definition) is 4. The number of anilines is 1. The number of carbonyl (C=O) groups is 1. The summed E-state index contributed by atoms with van der Waals surface area (Å²) in [6.07, 6.45) is 6.88. The average molecular weight is 443 g/mol. The summed E-state index contributed by atoms with van der Waals surface area (Å²) in [6, 6.07) is 15.2. The number of rotatable bonds is 9. The van der Waals surface area contributed by atoms with E-state index < -0.39 is 0 Å². The van der Waals surface area contributed by atoms with Gasteiger partial charge in [-0.15, -0.1) is 0 Å². The third kappa shape index (κ3) is 6.30. The zero-order valence-electron chi connectivity index (χ0n) is 18.7. The number of carbonyl (C=O) groups excluding carboxylic acids is 1. The Hall–Kier alpha value is -3.92. The van der Waals surface area contributed by atoms with Gasteiger partial charge in [0.15, 0.2) is 0 Å². The number of nitrogens with two attached hydrogens (primary N) is 1. The molecule has 5 N–H and O–H groups in total. The Morgan fingerprint density at radius 3 is 2.67 bits per heavy atom. The minimum atomic E-state index is 0.167. The summed E-state index contributed by atoms with van der Waals surface area (Å²) >= 11 is 0. The standard InChI is InChI=1S/C26H30N6O/c27-14-21-3-1-2-19(12-21)4-7-26(33)32-10-8-20(9-11-32)18-31-25-6-5-22(13-23(25)15-28)24(16-29)17-30/h1-3,5-6,12-13,15-17,20,28-29,31H,4,7-11,18,30H2/b24-17+,28-15?,29-16?. The van der Waals surface area contributed by atoms with E-state index in [9.17, 15) is 4.79 Å². The van der Waals surface area contributed by atoms with Gasteiger partial charge in [-0.05, 0) is 60.6 Å². The molecule has 7 heteroatoms. The van der Waals surface area contributed by atoms with Crippen molar-refractivity contribution in [1.82, 2.24) is 4.90 Å². The summed E-state index contributed by atoms with van der Waals surface area (Å²) in [4.78, 5) is 14.6. The van der Waals surface area contributed by atoms with Crippen LogP contribution in [-0.2, 0) is 11.2 Å². The summed E-state index contributed by atoms with van der Waals surface area (Å²) in [6.45, 7) is 2.29. The molecule has 170 valence electrons. The second-order valence-corrected chi connectivity index (χ2v) is 8.23. The first-order chi connectivity index (χ1) is 16.1. The van der Waals surface area contributed by atoms with Gasteiger partial charge in [0.2, 0.25) is 5.91 Å². The number of nitriles is 1. The van der Waals surface area contributed by atoms with Gasteiger partial charge in [0.05, 0.1) is 11.6 Å². The van der Waals surface area contributed by atoms with Crippen molar-refractivity contribution < 1.29 is 4.79 Å². The quantitative estimate of drug-likeness (QED) is 0.440. The van der Waals surface area contributed by atoms with Crippen molar-refractivity contribution in [2.75, 3.05) is 25.0 Å². The van der Waals surface area contributed by atoms with E-state index in [1.54, 1.807) is 6.07 Å². The van der Waals surface area contributed by atoms with Crippen LogP contribution in [0.2, 0.25) is 0 Å². The van der Waals surface area contributed by atoms with Crippen LogP contribution in [0.3, 0.4) is 0 Å². The summed E-state index contributed by atoms with van der Waals surface area (Å²) < 4.78 is 0. The Balaban J connectivity index is 1.47. The fraction of sp³-hybridized carbons (Fsp3) is 0.308. The number of amides is 1. The number of benzene rings is 2. The predicted molar refractivity (Wildman–Crippen MR) is 133 cm³/mol. The van der Waals surface area contributed by atoms with Crippen LogP contribution in [0.1, 0.15) is 41.5 Å². The van der Waals surface area contributed by atoms with E-state index in [-0.39, 0.29) is 5.91 Å². The Morgan fingerprint density at radius 2 is 2.00 bits per heavy atom. The first-order valence-electron chi connectivity index (χ1n) is 11.2. The lowest BCUT2D eigenvalue weighted by Crippen LogP contribution is -2.40. The van der Waals surface area contributed by atoms with Crippen molar-refractivity contribution in [2.45, 2.75) is 25.7 Å². The van der Waals surface area contributed by atoms with E-state index in [1.807, 2.05) is 41.3 Å². The fourth-order valence-electron chi connectivity index (χ4n) is 4.10. The Labute approximate surface area is 194 Å². The van der Waals surface area contributed by atoms with Gasteiger partial charge in [-0.25, -0.2) is 0 Å². The number of allylic oxidation sites excluding steroid dienone is 1. The van der Waals surface area contributed by atoms with Crippen LogP contribution >= 0.6 is 0 Å². The molecule has 0 bridgehead atoms. The molecule has 0 spiro atoms. The zero-order chi connectivity index (χ0) is 23.6. The lowest BCUT2D eigenvalue weighted by molar-refractivity contribution is -0.132. The van der Waals surface area contributed by atoms with Crippen molar-refractivity contribution >= 4 is 29.6 Å². The van der Waals surface area contributed by atoms with Crippen LogP contribution < -0.4 is 11.1 Å². The Morgan fingerprint density at radius 1 is 1.21 bits per heavy atom. The first-order valence-corrected chi connectivity index (χ1v) is 11.2. The molecule has 1 aliphatic rings. The topological polar surface area (TPSA) is 130 Å². The molecule has 1 heterocycles. The summed E-state index contributed by atoms with van der Waals surface area (Å²) in [5.74, 6) is 0.626. The summed E-state index contributed by atoms with van der Waals surface area (Å²) in [5.41, 5.74) is 10.3. The number of nitrogens with one attached hydrogen (secondary N) is 3. The smallest absolute Gasteiger partial charge is 0.222 e. The van der Waals surface area contributed by atoms with E-state index in [4.69, 9.17) is 21.8 Å². The first kappa shape index (κ1) is 23.7. The SMILES string of the molecule is N#Cc1cccc(CCC(=O)N2CCC(CNc3ccc(/C(C=N)=C/N)cc3C=N)CC2)c1. The van der Waals surface area contributed by atoms with Crippen molar-refractivity contribution in [3.8, 4) is 6.07 Å². The average Bonchev–Trinajstić information content (AvgIpc) is 2.87. The highest BCUT2D eigenvalue weighted by atomic mass is 16.2. The molecule has 0 radical (unpaired) electrons. The fourth-order valence-corrected chi connectivity index (χ4v) is 4.10. The highest BCUT2D eigenvalue weighted by Crippen LogP contribution is 2.23.